The van der Waals surface area contributed by atoms with Crippen molar-refractivity contribution >= 4 is 13.7 Å². The molecule has 0 bridgehead atoms. The molecule has 3 N–H and O–H groups in total. The molecule has 2 unspecified atom stereocenters. The summed E-state index contributed by atoms with van der Waals surface area (Å²) in [5.41, 5.74) is -4.11. The van der Waals surface area contributed by atoms with Gasteiger partial charge >= 0.3 is 19.4 Å². The quantitative estimate of drug-likeness (QED) is 0.311. The standard InChI is InChI=1S/C21H27FN3O9P/c1-13(2)32-17(27)11-23-35(30,34-14-7-5-4-6-8-14)31-12-15-18(28)21(3,22)19(33-15)25-10-9-16(26)24-20(25)29/h4-10,13,15,18-19,28H,11-12H2,1-3H3,(H,23,30)(H,24,26,29)/t15?,18?,19-,21-,35+/m1/s1. The zero-order valence-electron chi connectivity index (χ0n) is 19.3. The summed E-state index contributed by atoms with van der Waals surface area (Å²) in [7, 11) is -4.25. The first kappa shape index (κ1) is 26.8. The number of ether oxygens (including phenoxy) is 2. The van der Waals surface area contributed by atoms with Crippen LogP contribution >= 0.6 is 7.75 Å². The Morgan fingerprint density at radius 1 is 1.31 bits per heavy atom. The minimum Gasteiger partial charge on any atom is -0.462 e. The van der Waals surface area contributed by atoms with Gasteiger partial charge in [-0.25, -0.2) is 18.8 Å². The molecule has 1 aromatic heterocycles. The third kappa shape index (κ3) is 6.65. The van der Waals surface area contributed by atoms with E-state index in [9.17, 15) is 24.1 Å². The number of esters is 1. The van der Waals surface area contributed by atoms with Gasteiger partial charge in [0.2, 0.25) is 0 Å². The highest BCUT2D eigenvalue weighted by Gasteiger charge is 2.55. The topological polar surface area (TPSA) is 158 Å². The Bertz CT molecular complexity index is 1180. The van der Waals surface area contributed by atoms with Crippen LogP contribution in [0.5, 0.6) is 5.75 Å². The van der Waals surface area contributed by atoms with Gasteiger partial charge in [-0.1, -0.05) is 18.2 Å². The lowest BCUT2D eigenvalue weighted by molar-refractivity contribution is -0.146. The molecule has 0 amide bonds. The molecule has 1 aliphatic rings. The van der Waals surface area contributed by atoms with Crippen molar-refractivity contribution in [1.29, 1.82) is 0 Å². The van der Waals surface area contributed by atoms with Gasteiger partial charge < -0.3 is 19.1 Å². The average Bonchev–Trinajstić information content (AvgIpc) is 3.00. The van der Waals surface area contributed by atoms with Crippen molar-refractivity contribution in [2.45, 2.75) is 51.0 Å². The van der Waals surface area contributed by atoms with E-state index in [2.05, 4.69) is 5.09 Å². The van der Waals surface area contributed by atoms with Crippen molar-refractivity contribution in [2.24, 2.45) is 0 Å². The van der Waals surface area contributed by atoms with Gasteiger partial charge in [0.1, 0.15) is 24.5 Å². The van der Waals surface area contributed by atoms with Crippen LogP contribution in [0, 0.1) is 0 Å². The number of H-pyrrole nitrogens is 1. The number of nitrogens with one attached hydrogen (secondary N) is 2. The van der Waals surface area contributed by atoms with Gasteiger partial charge in [-0.3, -0.25) is 23.7 Å². The number of hydrogen-bond donors (Lipinski definition) is 3. The van der Waals surface area contributed by atoms with E-state index < -0.39 is 68.3 Å². The van der Waals surface area contributed by atoms with Crippen molar-refractivity contribution in [3.05, 3.63) is 63.4 Å². The lowest BCUT2D eigenvalue weighted by atomic mass is 9.98. The summed E-state index contributed by atoms with van der Waals surface area (Å²) in [6.07, 6.45) is -4.17. The van der Waals surface area contributed by atoms with Crippen LogP contribution in [-0.2, 0) is 23.4 Å². The molecular formula is C21H27FN3O9P. The highest BCUT2D eigenvalue weighted by molar-refractivity contribution is 7.52. The maximum atomic E-state index is 15.4. The van der Waals surface area contributed by atoms with Crippen LogP contribution in [0.4, 0.5) is 4.39 Å². The van der Waals surface area contributed by atoms with E-state index >= 15 is 4.39 Å². The number of aromatic amines is 1. The van der Waals surface area contributed by atoms with E-state index in [1.165, 1.54) is 12.1 Å². The molecule has 0 aliphatic carbocycles. The summed E-state index contributed by atoms with van der Waals surface area (Å²) < 4.78 is 50.8. The minimum atomic E-state index is -4.25. The number of aromatic nitrogens is 2. The van der Waals surface area contributed by atoms with Crippen molar-refractivity contribution in [2.75, 3.05) is 13.2 Å². The summed E-state index contributed by atoms with van der Waals surface area (Å²) in [6.45, 7) is 3.15. The first-order valence-corrected chi connectivity index (χ1v) is 12.2. The average molecular weight is 515 g/mol. The molecule has 12 nitrogen and oxygen atoms in total. The minimum absolute atomic E-state index is 0.154. The van der Waals surface area contributed by atoms with Gasteiger partial charge in [0.25, 0.3) is 5.56 Å². The molecule has 1 aliphatic heterocycles. The van der Waals surface area contributed by atoms with Crippen molar-refractivity contribution in [3.63, 3.8) is 0 Å². The fraction of sp³-hybridized carbons (Fsp3) is 0.476. The highest BCUT2D eigenvalue weighted by Crippen LogP contribution is 2.46. The Labute approximate surface area is 199 Å². The second kappa shape index (κ2) is 10.8. The molecule has 1 aromatic carbocycles. The third-order valence-electron chi connectivity index (χ3n) is 4.98. The fourth-order valence-corrected chi connectivity index (χ4v) is 4.60. The number of para-hydroxylation sites is 1. The molecule has 1 fully saturated rings. The van der Waals surface area contributed by atoms with E-state index in [1.54, 1.807) is 32.0 Å². The first-order chi connectivity index (χ1) is 16.4. The van der Waals surface area contributed by atoms with Crippen LogP contribution in [0.15, 0.2) is 52.2 Å². The summed E-state index contributed by atoms with van der Waals surface area (Å²) in [5.74, 6) is -0.562. The number of rotatable bonds is 10. The van der Waals surface area contributed by atoms with E-state index in [0.29, 0.717) is 0 Å². The molecule has 2 heterocycles. The van der Waals surface area contributed by atoms with Gasteiger partial charge in [0, 0.05) is 12.3 Å². The normalized spacial score (nSPS) is 25.8. The predicted molar refractivity (Wildman–Crippen MR) is 121 cm³/mol. The number of hydrogen-bond acceptors (Lipinski definition) is 9. The van der Waals surface area contributed by atoms with Gasteiger partial charge in [-0.2, -0.15) is 0 Å². The van der Waals surface area contributed by atoms with Crippen LogP contribution in [0.25, 0.3) is 0 Å². The molecule has 2 aromatic rings. The van der Waals surface area contributed by atoms with Crippen molar-refractivity contribution in [3.8, 4) is 5.75 Å². The maximum absolute atomic E-state index is 15.4. The van der Waals surface area contributed by atoms with Crippen LogP contribution in [0.3, 0.4) is 0 Å². The largest absolute Gasteiger partial charge is 0.462 e. The van der Waals surface area contributed by atoms with E-state index in [1.807, 2.05) is 4.98 Å². The second-order valence-electron chi connectivity index (χ2n) is 8.21. The van der Waals surface area contributed by atoms with Crippen molar-refractivity contribution in [1.82, 2.24) is 14.6 Å². The smallest absolute Gasteiger partial charge is 0.459 e. The first-order valence-electron chi connectivity index (χ1n) is 10.7. The third-order valence-corrected chi connectivity index (χ3v) is 6.47. The number of carbonyl (C=O) groups is 1. The zero-order valence-corrected chi connectivity index (χ0v) is 20.1. The molecule has 0 radical (unpaired) electrons. The molecule has 35 heavy (non-hydrogen) atoms. The molecule has 3 rings (SSSR count). The molecule has 5 atom stereocenters. The lowest BCUT2D eigenvalue weighted by Gasteiger charge is -2.24. The Morgan fingerprint density at radius 2 is 2.00 bits per heavy atom. The van der Waals surface area contributed by atoms with Gasteiger partial charge in [0.15, 0.2) is 11.9 Å². The number of nitrogens with zero attached hydrogens (tertiary/aromatic N) is 1. The number of halogens is 1. The predicted octanol–water partition coefficient (Wildman–Crippen LogP) is 1.27. The summed E-state index contributed by atoms with van der Waals surface area (Å²) in [6, 6.07) is 8.95. The number of benzene rings is 1. The second-order valence-corrected chi connectivity index (χ2v) is 9.96. The van der Waals surface area contributed by atoms with Gasteiger partial charge in [0.05, 0.1) is 12.7 Å². The Hall–Kier alpha value is -2.83. The van der Waals surface area contributed by atoms with Gasteiger partial charge in [-0.05, 0) is 32.9 Å². The Kier molecular flexibility index (Phi) is 8.29. The van der Waals surface area contributed by atoms with Crippen LogP contribution in [0.1, 0.15) is 27.0 Å². The van der Waals surface area contributed by atoms with Crippen LogP contribution in [-0.4, -0.2) is 57.8 Å². The van der Waals surface area contributed by atoms with Crippen LogP contribution < -0.4 is 20.9 Å². The zero-order chi connectivity index (χ0) is 25.8. The SMILES string of the molecule is CC(C)OC(=O)CN[P@](=O)(OCC1O[C@@H](n2ccc(=O)[nH]c2=O)[C@](C)(F)C1O)Oc1ccccc1. The van der Waals surface area contributed by atoms with Gasteiger partial charge in [-0.15, -0.1) is 0 Å². The van der Waals surface area contributed by atoms with Crippen LogP contribution in [0.2, 0.25) is 0 Å². The van der Waals surface area contributed by atoms with Crippen molar-refractivity contribution < 1.29 is 37.4 Å². The highest BCUT2D eigenvalue weighted by atomic mass is 31.2. The summed E-state index contributed by atoms with van der Waals surface area (Å²) >= 11 is 0. The molecular weight excluding hydrogens is 488 g/mol. The van der Waals surface area contributed by atoms with E-state index in [0.717, 1.165) is 23.8 Å². The molecule has 1 saturated heterocycles. The Morgan fingerprint density at radius 3 is 2.63 bits per heavy atom. The number of carbonyl (C=O) groups excluding carboxylic acids is 1. The summed E-state index contributed by atoms with van der Waals surface area (Å²) in [5, 5.41) is 12.9. The number of aliphatic hydroxyl groups is 1. The Balaban J connectivity index is 1.76. The molecule has 192 valence electrons. The van der Waals surface area contributed by atoms with E-state index in [-0.39, 0.29) is 5.75 Å². The molecule has 0 saturated carbocycles. The number of alkyl halides is 1. The van der Waals surface area contributed by atoms with E-state index in [4.69, 9.17) is 18.5 Å². The maximum Gasteiger partial charge on any atom is 0.459 e. The monoisotopic (exact) mass is 515 g/mol. The summed E-state index contributed by atoms with van der Waals surface area (Å²) in [4.78, 5) is 37.3. The fourth-order valence-electron chi connectivity index (χ4n) is 3.32. The molecule has 14 heteroatoms. The number of aliphatic hydroxyl groups excluding tert-OH is 1. The molecule has 0 spiro atoms. The lowest BCUT2D eigenvalue weighted by Crippen LogP contribution is -2.43.